The number of carbonyl (C=O) groups excluding carboxylic acids is 1. The van der Waals surface area contributed by atoms with Crippen LogP contribution in [0, 0.1) is 11.3 Å². The maximum absolute atomic E-state index is 12.6. The molecular weight excluding hydrogens is 318 g/mol. The van der Waals surface area contributed by atoms with Crippen molar-refractivity contribution in [1.82, 2.24) is 19.8 Å². The fraction of sp³-hybridized carbons (Fsp3) is 0.389. The van der Waals surface area contributed by atoms with Gasteiger partial charge < -0.3 is 14.6 Å². The lowest BCUT2D eigenvalue weighted by atomic mass is 10.2. The molecule has 0 aliphatic carbocycles. The van der Waals surface area contributed by atoms with E-state index in [-0.39, 0.29) is 5.91 Å². The molecule has 2 aromatic rings. The number of hydrogen-bond donors (Lipinski definition) is 1. The first-order valence-corrected chi connectivity index (χ1v) is 8.32. The van der Waals surface area contributed by atoms with Crippen molar-refractivity contribution in [3.05, 3.63) is 48.0 Å². The van der Waals surface area contributed by atoms with Crippen molar-refractivity contribution in [1.29, 1.82) is 5.26 Å². The number of H-pyrrole nitrogens is 1. The second-order valence-corrected chi connectivity index (χ2v) is 6.04. The van der Waals surface area contributed by atoms with Gasteiger partial charge in [0.05, 0.1) is 18.2 Å². The molecule has 1 aliphatic rings. The van der Waals surface area contributed by atoms with Gasteiger partial charge in [0.1, 0.15) is 11.6 Å². The van der Waals surface area contributed by atoms with Gasteiger partial charge in [-0.05, 0) is 25.1 Å². The molecule has 3 rings (SSSR count). The highest BCUT2D eigenvalue weighted by molar-refractivity contribution is 5.81. The first-order valence-electron chi connectivity index (χ1n) is 8.32. The number of rotatable bonds is 5. The predicted octanol–water partition coefficient (Wildman–Crippen LogP) is 1.39. The highest BCUT2D eigenvalue weighted by atomic mass is 16.5. The molecule has 0 spiro atoms. The summed E-state index contributed by atoms with van der Waals surface area (Å²) in [7, 11) is 0. The summed E-state index contributed by atoms with van der Waals surface area (Å²) in [6.07, 6.45) is 2.98. The van der Waals surface area contributed by atoms with Crippen molar-refractivity contribution < 1.29 is 9.53 Å². The van der Waals surface area contributed by atoms with Crippen LogP contribution >= 0.6 is 0 Å². The first kappa shape index (κ1) is 17.0. The number of aromatic nitrogens is 2. The van der Waals surface area contributed by atoms with E-state index >= 15 is 0 Å². The quantitative estimate of drug-likeness (QED) is 0.890. The van der Waals surface area contributed by atoms with Gasteiger partial charge in [-0.2, -0.15) is 5.26 Å². The highest BCUT2D eigenvalue weighted by Gasteiger charge is 2.26. The van der Waals surface area contributed by atoms with Crippen molar-refractivity contribution >= 4 is 5.91 Å². The number of carbonyl (C=O) groups is 1. The molecule has 1 aromatic heterocycles. The van der Waals surface area contributed by atoms with Gasteiger partial charge in [-0.1, -0.05) is 6.07 Å². The van der Waals surface area contributed by atoms with Crippen molar-refractivity contribution in [2.45, 2.75) is 19.6 Å². The lowest BCUT2D eigenvalue weighted by Crippen LogP contribution is -2.51. The number of piperazine rings is 1. The summed E-state index contributed by atoms with van der Waals surface area (Å²) >= 11 is 0. The molecule has 0 saturated carbocycles. The number of imidazole rings is 1. The largest absolute Gasteiger partial charge is 0.481 e. The molecule has 0 radical (unpaired) electrons. The van der Waals surface area contributed by atoms with Crippen LogP contribution in [-0.2, 0) is 11.3 Å². The van der Waals surface area contributed by atoms with Gasteiger partial charge >= 0.3 is 0 Å². The maximum atomic E-state index is 12.6. The van der Waals surface area contributed by atoms with Gasteiger partial charge in [-0.25, -0.2) is 4.98 Å². The zero-order chi connectivity index (χ0) is 17.6. The minimum atomic E-state index is -0.578. The Bertz CT molecular complexity index is 745. The van der Waals surface area contributed by atoms with Crippen LogP contribution in [0.25, 0.3) is 0 Å². The molecule has 1 aromatic carbocycles. The summed E-state index contributed by atoms with van der Waals surface area (Å²) in [5.74, 6) is 1.45. The van der Waals surface area contributed by atoms with E-state index in [1.807, 2.05) is 11.1 Å². The fourth-order valence-corrected chi connectivity index (χ4v) is 2.87. The first-order chi connectivity index (χ1) is 12.2. The van der Waals surface area contributed by atoms with Crippen molar-refractivity contribution in [2.75, 3.05) is 26.2 Å². The van der Waals surface area contributed by atoms with E-state index in [1.165, 1.54) is 0 Å². The topological polar surface area (TPSA) is 85.2 Å². The van der Waals surface area contributed by atoms with Crippen LogP contribution in [0.1, 0.15) is 18.3 Å². The predicted molar refractivity (Wildman–Crippen MR) is 91.7 cm³/mol. The Morgan fingerprint density at radius 2 is 2.20 bits per heavy atom. The molecule has 25 heavy (non-hydrogen) atoms. The van der Waals surface area contributed by atoms with E-state index in [1.54, 1.807) is 37.4 Å². The fourth-order valence-electron chi connectivity index (χ4n) is 2.87. The number of hydrogen-bond acceptors (Lipinski definition) is 5. The molecule has 1 aliphatic heterocycles. The summed E-state index contributed by atoms with van der Waals surface area (Å²) in [5.41, 5.74) is 0.517. The summed E-state index contributed by atoms with van der Waals surface area (Å²) < 4.78 is 5.71. The normalized spacial score (nSPS) is 16.2. The van der Waals surface area contributed by atoms with Gasteiger partial charge in [-0.3, -0.25) is 9.69 Å². The molecule has 1 N–H and O–H groups in total. The molecule has 2 heterocycles. The van der Waals surface area contributed by atoms with E-state index in [0.29, 0.717) is 24.4 Å². The summed E-state index contributed by atoms with van der Waals surface area (Å²) in [6, 6.07) is 8.92. The zero-order valence-electron chi connectivity index (χ0n) is 14.2. The smallest absolute Gasteiger partial charge is 0.263 e. The number of aromatic amines is 1. The molecule has 1 atom stereocenters. The van der Waals surface area contributed by atoms with Gasteiger partial charge in [0, 0.05) is 38.6 Å². The number of amides is 1. The van der Waals surface area contributed by atoms with Crippen molar-refractivity contribution in [2.24, 2.45) is 0 Å². The Morgan fingerprint density at radius 3 is 2.88 bits per heavy atom. The lowest BCUT2D eigenvalue weighted by Gasteiger charge is -2.35. The monoisotopic (exact) mass is 339 g/mol. The minimum absolute atomic E-state index is 0.0278. The van der Waals surface area contributed by atoms with Crippen molar-refractivity contribution in [3.63, 3.8) is 0 Å². The Balaban J connectivity index is 1.50. The SMILES string of the molecule is C[C@H](Oc1cccc(C#N)c1)C(=O)N1CCN(Cc2ncc[nH]2)CC1. The molecule has 1 fully saturated rings. The molecular formula is C18H21N5O2. The maximum Gasteiger partial charge on any atom is 0.263 e. The van der Waals surface area contributed by atoms with E-state index in [2.05, 4.69) is 20.9 Å². The molecule has 1 saturated heterocycles. The summed E-state index contributed by atoms with van der Waals surface area (Å²) in [6.45, 7) is 5.47. The lowest BCUT2D eigenvalue weighted by molar-refractivity contribution is -0.139. The van der Waals surface area contributed by atoms with Crippen LogP contribution in [0.4, 0.5) is 0 Å². The number of ether oxygens (including phenoxy) is 1. The van der Waals surface area contributed by atoms with E-state index in [0.717, 1.165) is 25.5 Å². The second-order valence-electron chi connectivity index (χ2n) is 6.04. The summed E-state index contributed by atoms with van der Waals surface area (Å²) in [4.78, 5) is 24.0. The van der Waals surface area contributed by atoms with E-state index < -0.39 is 6.10 Å². The Hall–Kier alpha value is -2.85. The van der Waals surface area contributed by atoms with Crippen molar-refractivity contribution in [3.8, 4) is 11.8 Å². The third-order valence-electron chi connectivity index (χ3n) is 4.24. The zero-order valence-corrected chi connectivity index (χ0v) is 14.2. The molecule has 130 valence electrons. The Labute approximate surface area is 146 Å². The number of benzene rings is 1. The standard InChI is InChI=1S/C18H21N5O2/c1-14(25-16-4-2-3-15(11-16)12-19)18(24)23-9-7-22(8-10-23)13-17-20-5-6-21-17/h2-6,11,14H,7-10,13H2,1H3,(H,20,21)/t14-/m0/s1. The van der Waals surface area contributed by atoms with Crippen LogP contribution in [0.15, 0.2) is 36.7 Å². The van der Waals surface area contributed by atoms with Gasteiger partial charge in [0.15, 0.2) is 6.10 Å². The van der Waals surface area contributed by atoms with Crippen LogP contribution in [0.2, 0.25) is 0 Å². The number of nitrogens with one attached hydrogen (secondary N) is 1. The molecule has 7 nitrogen and oxygen atoms in total. The minimum Gasteiger partial charge on any atom is -0.481 e. The Morgan fingerprint density at radius 1 is 1.40 bits per heavy atom. The average molecular weight is 339 g/mol. The molecule has 1 amide bonds. The van der Waals surface area contributed by atoms with Gasteiger partial charge in [0.25, 0.3) is 5.91 Å². The molecule has 7 heteroatoms. The number of nitrogens with zero attached hydrogens (tertiary/aromatic N) is 4. The van der Waals surface area contributed by atoms with Gasteiger partial charge in [0.2, 0.25) is 0 Å². The third kappa shape index (κ3) is 4.37. The van der Waals surface area contributed by atoms with Crippen LogP contribution < -0.4 is 4.74 Å². The molecule has 0 bridgehead atoms. The number of nitriles is 1. The average Bonchev–Trinajstić information content (AvgIpc) is 3.15. The highest BCUT2D eigenvalue weighted by Crippen LogP contribution is 2.16. The van der Waals surface area contributed by atoms with Gasteiger partial charge in [-0.15, -0.1) is 0 Å². The Kier molecular flexibility index (Phi) is 5.31. The second kappa shape index (κ2) is 7.81. The van der Waals surface area contributed by atoms with E-state index in [4.69, 9.17) is 10.00 Å². The van der Waals surface area contributed by atoms with E-state index in [9.17, 15) is 4.79 Å². The molecule has 0 unspecified atom stereocenters. The van der Waals surface area contributed by atoms with Crippen LogP contribution in [0.3, 0.4) is 0 Å². The van der Waals surface area contributed by atoms with Crippen LogP contribution in [-0.4, -0.2) is 58.0 Å². The summed E-state index contributed by atoms with van der Waals surface area (Å²) in [5, 5.41) is 8.93. The van der Waals surface area contributed by atoms with Crippen LogP contribution in [0.5, 0.6) is 5.75 Å². The third-order valence-corrected chi connectivity index (χ3v) is 4.24.